The van der Waals surface area contributed by atoms with Crippen LogP contribution in [0, 0.1) is 5.82 Å². The van der Waals surface area contributed by atoms with E-state index < -0.39 is 0 Å². The van der Waals surface area contributed by atoms with Crippen molar-refractivity contribution >= 4 is 40.6 Å². The predicted octanol–water partition coefficient (Wildman–Crippen LogP) is 5.71. The molecule has 2 aromatic carbocycles. The van der Waals surface area contributed by atoms with E-state index in [1.54, 1.807) is 35.6 Å². The number of thioether (sulfide) groups is 1. The summed E-state index contributed by atoms with van der Waals surface area (Å²) in [5.41, 5.74) is 2.78. The predicted molar refractivity (Wildman–Crippen MR) is 162 cm³/mol. The Morgan fingerprint density at radius 2 is 1.86 bits per heavy atom. The lowest BCUT2D eigenvalue weighted by atomic mass is 10.0. The molecule has 0 saturated heterocycles. The molecule has 9 nitrogen and oxygen atoms in total. The lowest BCUT2D eigenvalue weighted by Crippen LogP contribution is -2.28. The normalized spacial score (nSPS) is 14.6. The van der Waals surface area contributed by atoms with Crippen molar-refractivity contribution in [3.63, 3.8) is 0 Å². The van der Waals surface area contributed by atoms with Gasteiger partial charge in [0, 0.05) is 13.0 Å². The van der Waals surface area contributed by atoms with E-state index in [-0.39, 0.29) is 41.7 Å². The van der Waals surface area contributed by atoms with Gasteiger partial charge in [0.15, 0.2) is 16.7 Å². The number of nitrogens with zero attached hydrogens (tertiary/aromatic N) is 5. The minimum absolute atomic E-state index is 0.0706. The summed E-state index contributed by atoms with van der Waals surface area (Å²) in [6.45, 7) is 0.700. The minimum Gasteiger partial charge on any atom is -0.459 e. The molecule has 218 valence electrons. The largest absolute Gasteiger partial charge is 0.459 e. The molecule has 0 bridgehead atoms. The van der Waals surface area contributed by atoms with Crippen molar-refractivity contribution < 1.29 is 18.4 Å². The van der Waals surface area contributed by atoms with Gasteiger partial charge in [-0.05, 0) is 53.3 Å². The summed E-state index contributed by atoms with van der Waals surface area (Å²) in [7, 11) is 0. The van der Waals surface area contributed by atoms with Crippen LogP contribution < -0.4 is 5.32 Å². The van der Waals surface area contributed by atoms with Gasteiger partial charge in [-0.15, -0.1) is 21.5 Å². The molecule has 0 spiro atoms. The van der Waals surface area contributed by atoms with Crippen LogP contribution in [0.15, 0.2) is 105 Å². The summed E-state index contributed by atoms with van der Waals surface area (Å²) in [6, 6.07) is 23.1. The second kappa shape index (κ2) is 13.2. The first-order valence-electron chi connectivity index (χ1n) is 13.6. The highest BCUT2D eigenvalue weighted by atomic mass is 32.2. The van der Waals surface area contributed by atoms with Crippen molar-refractivity contribution in [2.24, 2.45) is 5.10 Å². The molecule has 0 unspecified atom stereocenters. The summed E-state index contributed by atoms with van der Waals surface area (Å²) in [5.74, 6) is -0.0429. The molecular formula is C31H27FN6O3S2. The second-order valence-corrected chi connectivity index (χ2v) is 11.7. The number of aromatic nitrogens is 3. The Balaban J connectivity index is 1.19. The van der Waals surface area contributed by atoms with E-state index in [4.69, 9.17) is 9.52 Å². The van der Waals surface area contributed by atoms with Crippen LogP contribution in [0.4, 0.5) is 4.39 Å². The van der Waals surface area contributed by atoms with E-state index in [9.17, 15) is 14.0 Å². The average Bonchev–Trinajstić information content (AvgIpc) is 3.85. The molecular weight excluding hydrogens is 588 g/mol. The van der Waals surface area contributed by atoms with Gasteiger partial charge < -0.3 is 14.3 Å². The van der Waals surface area contributed by atoms with Gasteiger partial charge in [0.05, 0.1) is 35.2 Å². The molecule has 3 aromatic heterocycles. The van der Waals surface area contributed by atoms with E-state index in [1.165, 1.54) is 35.2 Å². The molecule has 4 heterocycles. The average molecular weight is 615 g/mol. The third-order valence-electron chi connectivity index (χ3n) is 6.96. The molecule has 5 aromatic rings. The molecule has 1 N–H and O–H groups in total. The smallest absolute Gasteiger partial charge is 0.287 e. The maximum atomic E-state index is 13.7. The highest BCUT2D eigenvalue weighted by Gasteiger charge is 2.33. The van der Waals surface area contributed by atoms with E-state index in [1.807, 2.05) is 52.4 Å². The number of amides is 2. The fourth-order valence-electron chi connectivity index (χ4n) is 4.79. The van der Waals surface area contributed by atoms with Crippen molar-refractivity contribution in [3.05, 3.63) is 124 Å². The van der Waals surface area contributed by atoms with Crippen molar-refractivity contribution in [2.75, 3.05) is 5.75 Å². The van der Waals surface area contributed by atoms with Gasteiger partial charge in [-0.2, -0.15) is 5.10 Å². The number of halogens is 1. The number of carbonyl (C=O) groups is 2. The summed E-state index contributed by atoms with van der Waals surface area (Å²) < 4.78 is 20.8. The molecule has 0 saturated carbocycles. The number of aryl methyl sites for hydroxylation is 1. The van der Waals surface area contributed by atoms with Gasteiger partial charge in [0.2, 0.25) is 0 Å². The number of hydrogen-bond acceptors (Lipinski definition) is 8. The second-order valence-electron chi connectivity index (χ2n) is 9.77. The minimum atomic E-state index is -0.354. The fourth-order valence-corrected chi connectivity index (χ4v) is 6.35. The lowest BCUT2D eigenvalue weighted by Gasteiger charge is -2.22. The number of hydrogen-bond donors (Lipinski definition) is 1. The number of thiophene rings is 1. The Morgan fingerprint density at radius 3 is 2.60 bits per heavy atom. The highest BCUT2D eigenvalue weighted by Crippen LogP contribution is 2.34. The SMILES string of the molecule is O=C(NCc1nnc(SCC(=O)N2N=C(c3cccs3)C[C@H]2c2ccc(F)cc2)n1CCc1ccccc1)c1ccco1. The Bertz CT molecular complexity index is 1700. The van der Waals surface area contributed by atoms with E-state index in [2.05, 4.69) is 15.5 Å². The van der Waals surface area contributed by atoms with E-state index in [0.717, 1.165) is 21.7 Å². The molecule has 1 atom stereocenters. The van der Waals surface area contributed by atoms with E-state index in [0.29, 0.717) is 30.4 Å². The maximum Gasteiger partial charge on any atom is 0.287 e. The van der Waals surface area contributed by atoms with Crippen LogP contribution >= 0.6 is 23.1 Å². The summed E-state index contributed by atoms with van der Waals surface area (Å²) >= 11 is 2.84. The Kier molecular flexibility index (Phi) is 8.75. The van der Waals surface area contributed by atoms with Gasteiger partial charge >= 0.3 is 0 Å². The maximum absolute atomic E-state index is 13.7. The van der Waals surface area contributed by atoms with Gasteiger partial charge in [-0.25, -0.2) is 9.40 Å². The summed E-state index contributed by atoms with van der Waals surface area (Å²) in [5, 5.41) is 20.3. The Morgan fingerprint density at radius 1 is 1.02 bits per heavy atom. The third-order valence-corrected chi connectivity index (χ3v) is 8.83. The molecule has 0 fully saturated rings. The van der Waals surface area contributed by atoms with E-state index >= 15 is 0 Å². The first-order valence-corrected chi connectivity index (χ1v) is 15.5. The standard InChI is InChI=1S/C31H27FN6O3S2/c32-23-12-10-22(11-13-23)25-18-24(27-9-5-17-42-27)36-38(25)29(39)20-43-31-35-34-28(19-33-30(40)26-8-4-16-41-26)37(31)15-14-21-6-2-1-3-7-21/h1-13,16-17,25H,14-15,18-20H2,(H,33,40)/t25-/m0/s1. The van der Waals surface area contributed by atoms with Gasteiger partial charge in [-0.1, -0.05) is 60.3 Å². The van der Waals surface area contributed by atoms with Crippen LogP contribution in [0.2, 0.25) is 0 Å². The first-order chi connectivity index (χ1) is 21.0. The highest BCUT2D eigenvalue weighted by molar-refractivity contribution is 7.99. The quantitative estimate of drug-likeness (QED) is 0.191. The van der Waals surface area contributed by atoms with Crippen LogP contribution in [-0.4, -0.2) is 43.1 Å². The fraction of sp³-hybridized carbons (Fsp3) is 0.194. The third kappa shape index (κ3) is 6.76. The van der Waals surface area contributed by atoms with Crippen LogP contribution in [0.3, 0.4) is 0 Å². The molecule has 2 amide bonds. The summed E-state index contributed by atoms with van der Waals surface area (Å²) in [6.07, 6.45) is 2.69. The molecule has 0 radical (unpaired) electrons. The Labute approximate surface area is 255 Å². The number of rotatable bonds is 11. The van der Waals surface area contributed by atoms with Crippen LogP contribution in [0.25, 0.3) is 0 Å². The van der Waals surface area contributed by atoms with Crippen molar-refractivity contribution in [1.82, 2.24) is 25.1 Å². The molecule has 1 aliphatic heterocycles. The van der Waals surface area contributed by atoms with Crippen molar-refractivity contribution in [3.8, 4) is 0 Å². The zero-order valence-corrected chi connectivity index (χ0v) is 24.6. The van der Waals surface area contributed by atoms with Gasteiger partial charge in [0.25, 0.3) is 11.8 Å². The number of carbonyl (C=O) groups excluding carboxylic acids is 2. The topological polar surface area (TPSA) is 106 Å². The number of nitrogens with one attached hydrogen (secondary N) is 1. The number of benzene rings is 2. The zero-order chi connectivity index (χ0) is 29.6. The van der Waals surface area contributed by atoms with Crippen molar-refractivity contribution in [2.45, 2.75) is 37.1 Å². The molecule has 12 heteroatoms. The van der Waals surface area contributed by atoms with Crippen molar-refractivity contribution in [1.29, 1.82) is 0 Å². The molecule has 1 aliphatic rings. The lowest BCUT2D eigenvalue weighted by molar-refractivity contribution is -0.130. The van der Waals surface area contributed by atoms with Crippen LogP contribution in [0.1, 0.15) is 44.8 Å². The monoisotopic (exact) mass is 614 g/mol. The number of furan rings is 1. The number of hydrazone groups is 1. The van der Waals surface area contributed by atoms with Crippen LogP contribution in [0.5, 0.6) is 0 Å². The molecule has 43 heavy (non-hydrogen) atoms. The zero-order valence-electron chi connectivity index (χ0n) is 22.9. The van der Waals surface area contributed by atoms with Gasteiger partial charge in [-0.3, -0.25) is 9.59 Å². The Hall–Kier alpha value is -4.55. The van der Waals surface area contributed by atoms with Crippen LogP contribution in [-0.2, 0) is 24.3 Å². The summed E-state index contributed by atoms with van der Waals surface area (Å²) in [4.78, 5) is 27.1. The molecule has 0 aliphatic carbocycles. The molecule has 6 rings (SSSR count). The first kappa shape index (κ1) is 28.6. The van der Waals surface area contributed by atoms with Gasteiger partial charge in [0.1, 0.15) is 5.82 Å².